The Morgan fingerprint density at radius 1 is 1.32 bits per heavy atom. The van der Waals surface area contributed by atoms with Crippen LogP contribution in [0.25, 0.3) is 0 Å². The number of methoxy groups -OCH3 is 1. The summed E-state index contributed by atoms with van der Waals surface area (Å²) in [5, 5.41) is 11.5. The number of nitrogens with one attached hydrogen (secondary N) is 2. The lowest BCUT2D eigenvalue weighted by Crippen LogP contribution is -2.46. The molecule has 4 rings (SSSR count). The number of nitrogens with zero attached hydrogens (tertiary/aromatic N) is 6. The number of benzene rings is 1. The van der Waals surface area contributed by atoms with Crippen LogP contribution in [0.5, 0.6) is 0 Å². The Kier molecular flexibility index (Phi) is 6.61. The third-order valence-electron chi connectivity index (χ3n) is 5.47. The van der Waals surface area contributed by atoms with Gasteiger partial charge < -0.3 is 19.9 Å². The number of hydrogen-bond donors (Lipinski definition) is 2. The molecule has 0 saturated heterocycles. The topological polar surface area (TPSA) is 94.2 Å². The van der Waals surface area contributed by atoms with E-state index in [2.05, 4.69) is 59.5 Å². The normalized spacial score (nSPS) is 16.2. The fourth-order valence-corrected chi connectivity index (χ4v) is 3.85. The van der Waals surface area contributed by atoms with Crippen molar-refractivity contribution < 1.29 is 4.74 Å². The molecule has 0 spiro atoms. The molecule has 2 N–H and O–H groups in total. The maximum Gasteiger partial charge on any atom is 0.191 e. The van der Waals surface area contributed by atoms with Gasteiger partial charge in [0.15, 0.2) is 11.8 Å². The Labute approximate surface area is 182 Å². The summed E-state index contributed by atoms with van der Waals surface area (Å²) in [5.41, 5.74) is 2.46. The number of fused-ring (bicyclic) bond motifs is 1. The molecule has 1 aliphatic rings. The lowest BCUT2D eigenvalue weighted by molar-refractivity contribution is 0.177. The van der Waals surface area contributed by atoms with Crippen LogP contribution in [0.4, 0.5) is 0 Å². The minimum absolute atomic E-state index is 0.256. The summed E-state index contributed by atoms with van der Waals surface area (Å²) >= 11 is 0. The van der Waals surface area contributed by atoms with Crippen LogP contribution in [0.1, 0.15) is 35.0 Å². The summed E-state index contributed by atoms with van der Waals surface area (Å²) in [6.07, 6.45) is 5.73. The van der Waals surface area contributed by atoms with E-state index in [0.717, 1.165) is 49.4 Å². The van der Waals surface area contributed by atoms with Gasteiger partial charge in [-0.05, 0) is 24.5 Å². The Bertz CT molecular complexity index is 1040. The highest BCUT2D eigenvalue weighted by molar-refractivity contribution is 5.79. The predicted molar refractivity (Wildman–Crippen MR) is 119 cm³/mol. The number of aliphatic imine (C=N–C) groups is 1. The van der Waals surface area contributed by atoms with Crippen molar-refractivity contribution in [2.24, 2.45) is 4.99 Å². The largest absolute Gasteiger partial charge is 0.377 e. The molecular formula is C22H30N8O. The standard InChI is InChI=1S/C22H30N8O/c1-16-24-9-10-29(16)13-18-6-4-5-17(11-18)12-25-22(23-2)26-19-7-8-21-27-20(15-31-3)28-30(21)14-19/h4-6,9-11,19H,7-8,12-15H2,1-3H3,(H2,23,25,26). The fraction of sp³-hybridized carbons (Fsp3) is 0.455. The maximum atomic E-state index is 5.14. The molecule has 1 aliphatic heterocycles. The van der Waals surface area contributed by atoms with E-state index >= 15 is 0 Å². The summed E-state index contributed by atoms with van der Waals surface area (Å²) in [6, 6.07) is 8.85. The van der Waals surface area contributed by atoms with Crippen molar-refractivity contribution in [1.82, 2.24) is 34.9 Å². The highest BCUT2D eigenvalue weighted by Crippen LogP contribution is 2.14. The average molecular weight is 423 g/mol. The Morgan fingerprint density at radius 3 is 2.97 bits per heavy atom. The first-order valence-electron chi connectivity index (χ1n) is 10.6. The second-order valence-corrected chi connectivity index (χ2v) is 7.79. The molecule has 0 saturated carbocycles. The molecule has 164 valence electrons. The Hall–Kier alpha value is -3.20. The van der Waals surface area contributed by atoms with Gasteiger partial charge in [-0.15, -0.1) is 0 Å². The second-order valence-electron chi connectivity index (χ2n) is 7.79. The van der Waals surface area contributed by atoms with Crippen molar-refractivity contribution in [2.45, 2.75) is 52.0 Å². The van der Waals surface area contributed by atoms with Crippen LogP contribution in [0, 0.1) is 6.92 Å². The molecule has 3 aromatic rings. The number of imidazole rings is 1. The summed E-state index contributed by atoms with van der Waals surface area (Å²) in [4.78, 5) is 13.2. The Balaban J connectivity index is 1.32. The second kappa shape index (κ2) is 9.74. The van der Waals surface area contributed by atoms with Gasteiger partial charge in [0, 0.05) is 52.1 Å². The Morgan fingerprint density at radius 2 is 2.19 bits per heavy atom. The van der Waals surface area contributed by atoms with Gasteiger partial charge in [-0.1, -0.05) is 24.3 Å². The zero-order valence-corrected chi connectivity index (χ0v) is 18.4. The smallest absolute Gasteiger partial charge is 0.191 e. The zero-order chi connectivity index (χ0) is 21.6. The minimum atomic E-state index is 0.256. The van der Waals surface area contributed by atoms with E-state index in [0.29, 0.717) is 13.2 Å². The number of ether oxygens (including phenoxy) is 1. The van der Waals surface area contributed by atoms with Crippen LogP contribution >= 0.6 is 0 Å². The quantitative estimate of drug-likeness (QED) is 0.444. The van der Waals surface area contributed by atoms with Crippen molar-refractivity contribution in [2.75, 3.05) is 14.2 Å². The molecule has 0 radical (unpaired) electrons. The number of guanidine groups is 1. The first kappa shape index (κ1) is 21.0. The van der Waals surface area contributed by atoms with E-state index in [-0.39, 0.29) is 6.04 Å². The predicted octanol–water partition coefficient (Wildman–Crippen LogP) is 1.66. The van der Waals surface area contributed by atoms with Crippen molar-refractivity contribution in [3.63, 3.8) is 0 Å². The van der Waals surface area contributed by atoms with E-state index in [1.54, 1.807) is 14.2 Å². The highest BCUT2D eigenvalue weighted by atomic mass is 16.5. The highest BCUT2D eigenvalue weighted by Gasteiger charge is 2.22. The van der Waals surface area contributed by atoms with Gasteiger partial charge in [0.1, 0.15) is 18.3 Å². The lowest BCUT2D eigenvalue weighted by Gasteiger charge is -2.25. The number of aryl methyl sites for hydroxylation is 2. The number of hydrogen-bond acceptors (Lipinski definition) is 5. The van der Waals surface area contributed by atoms with E-state index in [1.807, 2.05) is 24.0 Å². The van der Waals surface area contributed by atoms with E-state index in [1.165, 1.54) is 11.1 Å². The van der Waals surface area contributed by atoms with Crippen LogP contribution in [0.2, 0.25) is 0 Å². The molecule has 0 aliphatic carbocycles. The molecule has 9 nitrogen and oxygen atoms in total. The zero-order valence-electron chi connectivity index (χ0n) is 18.4. The minimum Gasteiger partial charge on any atom is -0.377 e. The van der Waals surface area contributed by atoms with Gasteiger partial charge in [0.05, 0.1) is 6.54 Å². The maximum absolute atomic E-state index is 5.14. The van der Waals surface area contributed by atoms with E-state index < -0.39 is 0 Å². The number of aromatic nitrogens is 5. The third-order valence-corrected chi connectivity index (χ3v) is 5.47. The third kappa shape index (κ3) is 5.29. The molecule has 0 fully saturated rings. The van der Waals surface area contributed by atoms with Gasteiger partial charge in [0.2, 0.25) is 0 Å². The van der Waals surface area contributed by atoms with Crippen LogP contribution in [0.15, 0.2) is 41.7 Å². The van der Waals surface area contributed by atoms with Crippen molar-refractivity contribution in [3.8, 4) is 0 Å². The molecule has 0 amide bonds. The SMILES string of the molecule is CN=C(NCc1cccc(Cn2ccnc2C)c1)NC1CCc2nc(COC)nn2C1. The van der Waals surface area contributed by atoms with Gasteiger partial charge in [-0.25, -0.2) is 14.6 Å². The van der Waals surface area contributed by atoms with Gasteiger partial charge >= 0.3 is 0 Å². The van der Waals surface area contributed by atoms with Crippen molar-refractivity contribution in [3.05, 3.63) is 65.3 Å². The van der Waals surface area contributed by atoms with Crippen LogP contribution in [-0.2, 0) is 37.4 Å². The average Bonchev–Trinajstić information content (AvgIpc) is 3.36. The molecule has 1 unspecified atom stereocenters. The summed E-state index contributed by atoms with van der Waals surface area (Å²) in [6.45, 7) is 4.76. The van der Waals surface area contributed by atoms with Crippen LogP contribution in [0.3, 0.4) is 0 Å². The molecule has 1 atom stereocenters. The van der Waals surface area contributed by atoms with Gasteiger partial charge in [-0.2, -0.15) is 5.10 Å². The van der Waals surface area contributed by atoms with E-state index in [4.69, 9.17) is 4.74 Å². The van der Waals surface area contributed by atoms with Crippen molar-refractivity contribution in [1.29, 1.82) is 0 Å². The first-order chi connectivity index (χ1) is 15.1. The molecule has 2 aromatic heterocycles. The van der Waals surface area contributed by atoms with Crippen LogP contribution < -0.4 is 10.6 Å². The first-order valence-corrected chi connectivity index (χ1v) is 10.6. The molecule has 3 heterocycles. The summed E-state index contributed by atoms with van der Waals surface area (Å²) in [5.74, 6) is 3.58. The molecular weight excluding hydrogens is 392 g/mol. The van der Waals surface area contributed by atoms with Crippen molar-refractivity contribution >= 4 is 5.96 Å². The number of rotatable bonds is 7. The summed E-state index contributed by atoms with van der Waals surface area (Å²) < 4.78 is 9.27. The van der Waals surface area contributed by atoms with Gasteiger partial charge in [0.25, 0.3) is 0 Å². The van der Waals surface area contributed by atoms with Gasteiger partial charge in [-0.3, -0.25) is 4.99 Å². The molecule has 31 heavy (non-hydrogen) atoms. The lowest BCUT2D eigenvalue weighted by atomic mass is 10.1. The molecule has 1 aromatic carbocycles. The van der Waals surface area contributed by atoms with E-state index in [9.17, 15) is 0 Å². The van der Waals surface area contributed by atoms with Crippen LogP contribution in [-0.4, -0.2) is 50.5 Å². The monoisotopic (exact) mass is 422 g/mol. The summed E-state index contributed by atoms with van der Waals surface area (Å²) in [7, 11) is 3.46. The fourth-order valence-electron chi connectivity index (χ4n) is 3.85. The molecule has 0 bridgehead atoms. The molecule has 9 heteroatoms.